The fraction of sp³-hybridized carbons (Fsp3) is 0.308. The first-order valence-corrected chi connectivity index (χ1v) is 5.31. The Labute approximate surface area is 93.7 Å². The summed E-state index contributed by atoms with van der Waals surface area (Å²) in [5.41, 5.74) is 3.34. The van der Waals surface area contributed by atoms with E-state index in [-0.39, 0.29) is 5.56 Å². The van der Waals surface area contributed by atoms with Gasteiger partial charge in [0.1, 0.15) is 0 Å². The van der Waals surface area contributed by atoms with Crippen LogP contribution in [0.25, 0.3) is 10.9 Å². The highest BCUT2D eigenvalue weighted by molar-refractivity contribution is 5.80. The van der Waals surface area contributed by atoms with E-state index in [1.165, 1.54) is 5.56 Å². The van der Waals surface area contributed by atoms with Crippen molar-refractivity contribution in [3.63, 3.8) is 0 Å². The molecule has 2 aromatic rings. The number of aryl methyl sites for hydroxylation is 2. The van der Waals surface area contributed by atoms with Crippen LogP contribution in [-0.4, -0.2) is 10.1 Å². The summed E-state index contributed by atoms with van der Waals surface area (Å²) >= 11 is 0. The predicted octanol–water partition coefficient (Wildman–Crippen LogP) is 2.20. The monoisotopic (exact) mass is 217 g/mol. The molecular formula is C13H15NO2. The molecule has 1 aromatic carbocycles. The number of pyridine rings is 1. The van der Waals surface area contributed by atoms with Gasteiger partial charge in [0.2, 0.25) is 0 Å². The van der Waals surface area contributed by atoms with Crippen LogP contribution in [0.4, 0.5) is 0 Å². The molecule has 0 spiro atoms. The first kappa shape index (κ1) is 10.9. The third-order valence-electron chi connectivity index (χ3n) is 2.94. The molecule has 1 heterocycles. The van der Waals surface area contributed by atoms with Gasteiger partial charge in [0.05, 0.1) is 6.10 Å². The highest BCUT2D eigenvalue weighted by Crippen LogP contribution is 2.19. The fourth-order valence-corrected chi connectivity index (χ4v) is 1.80. The number of fused-ring (bicyclic) bond motifs is 1. The largest absolute Gasteiger partial charge is 0.388 e. The summed E-state index contributed by atoms with van der Waals surface area (Å²) in [6.07, 6.45) is -0.741. The van der Waals surface area contributed by atoms with Crippen molar-refractivity contribution in [1.82, 2.24) is 4.98 Å². The molecule has 0 bridgehead atoms. The Morgan fingerprint density at radius 1 is 1.19 bits per heavy atom. The summed E-state index contributed by atoms with van der Waals surface area (Å²) in [5.74, 6) is 0. The van der Waals surface area contributed by atoms with Crippen molar-refractivity contribution in [3.05, 3.63) is 45.2 Å². The van der Waals surface area contributed by atoms with E-state index in [9.17, 15) is 9.90 Å². The average Bonchev–Trinajstić information content (AvgIpc) is 2.19. The third kappa shape index (κ3) is 1.74. The van der Waals surface area contributed by atoms with Crippen LogP contribution in [0.3, 0.4) is 0 Å². The second kappa shape index (κ2) is 3.76. The van der Waals surface area contributed by atoms with Gasteiger partial charge in [-0.2, -0.15) is 0 Å². The number of benzene rings is 1. The highest BCUT2D eigenvalue weighted by atomic mass is 16.3. The number of aliphatic hydroxyl groups excluding tert-OH is 1. The van der Waals surface area contributed by atoms with Crippen LogP contribution in [-0.2, 0) is 0 Å². The van der Waals surface area contributed by atoms with E-state index in [4.69, 9.17) is 0 Å². The molecule has 0 saturated heterocycles. The summed E-state index contributed by atoms with van der Waals surface area (Å²) < 4.78 is 0. The topological polar surface area (TPSA) is 53.1 Å². The maximum Gasteiger partial charge on any atom is 0.254 e. The third-order valence-corrected chi connectivity index (χ3v) is 2.94. The van der Waals surface area contributed by atoms with Crippen molar-refractivity contribution in [2.24, 2.45) is 0 Å². The summed E-state index contributed by atoms with van der Waals surface area (Å²) in [5, 5.41) is 10.4. The lowest BCUT2D eigenvalue weighted by atomic mass is 10.0. The van der Waals surface area contributed by atoms with Crippen molar-refractivity contribution in [2.75, 3.05) is 0 Å². The van der Waals surface area contributed by atoms with Crippen LogP contribution in [0.5, 0.6) is 0 Å². The molecule has 2 rings (SSSR count). The molecule has 0 aliphatic carbocycles. The number of aliphatic hydroxyl groups is 1. The number of aromatic nitrogens is 1. The van der Waals surface area contributed by atoms with E-state index in [1.807, 2.05) is 26.0 Å². The zero-order valence-electron chi connectivity index (χ0n) is 9.66. The van der Waals surface area contributed by atoms with Gasteiger partial charge in [-0.1, -0.05) is 0 Å². The molecule has 3 heteroatoms. The Kier molecular flexibility index (Phi) is 2.56. The lowest BCUT2D eigenvalue weighted by molar-refractivity contribution is 0.198. The zero-order valence-corrected chi connectivity index (χ0v) is 9.66. The van der Waals surface area contributed by atoms with Gasteiger partial charge in [-0.05, 0) is 55.5 Å². The Balaban J connectivity index is 2.80. The van der Waals surface area contributed by atoms with Crippen LogP contribution >= 0.6 is 0 Å². The van der Waals surface area contributed by atoms with Crippen LogP contribution in [0, 0.1) is 13.8 Å². The number of aromatic amines is 1. The van der Waals surface area contributed by atoms with E-state index >= 15 is 0 Å². The first-order valence-electron chi connectivity index (χ1n) is 5.31. The van der Waals surface area contributed by atoms with E-state index in [0.29, 0.717) is 5.56 Å². The summed E-state index contributed by atoms with van der Waals surface area (Å²) in [6.45, 7) is 5.63. The minimum Gasteiger partial charge on any atom is -0.388 e. The van der Waals surface area contributed by atoms with Crippen molar-refractivity contribution in [2.45, 2.75) is 26.9 Å². The molecule has 2 N–H and O–H groups in total. The second-order valence-corrected chi connectivity index (χ2v) is 4.25. The van der Waals surface area contributed by atoms with E-state index in [0.717, 1.165) is 16.5 Å². The number of hydrogen-bond acceptors (Lipinski definition) is 2. The number of hydrogen-bond donors (Lipinski definition) is 2. The van der Waals surface area contributed by atoms with Gasteiger partial charge in [0, 0.05) is 11.1 Å². The SMILES string of the molecule is Cc1cc2cc(C(C)O)c(=O)[nH]c2cc1C. The lowest BCUT2D eigenvalue weighted by Gasteiger charge is -2.07. The Bertz CT molecular complexity index is 597. The Hall–Kier alpha value is -1.61. The fourth-order valence-electron chi connectivity index (χ4n) is 1.80. The second-order valence-electron chi connectivity index (χ2n) is 4.25. The number of rotatable bonds is 1. The van der Waals surface area contributed by atoms with Gasteiger partial charge in [0.15, 0.2) is 0 Å². The van der Waals surface area contributed by atoms with Gasteiger partial charge in [-0.15, -0.1) is 0 Å². The average molecular weight is 217 g/mol. The quantitative estimate of drug-likeness (QED) is 0.769. The van der Waals surface area contributed by atoms with Gasteiger partial charge < -0.3 is 10.1 Å². The maximum atomic E-state index is 11.7. The van der Waals surface area contributed by atoms with Crippen LogP contribution < -0.4 is 5.56 Å². The normalized spacial score (nSPS) is 13.0. The molecular weight excluding hydrogens is 202 g/mol. The minimum absolute atomic E-state index is 0.217. The summed E-state index contributed by atoms with van der Waals surface area (Å²) in [4.78, 5) is 14.4. The molecule has 0 radical (unpaired) electrons. The van der Waals surface area contributed by atoms with Crippen molar-refractivity contribution in [1.29, 1.82) is 0 Å². The van der Waals surface area contributed by atoms with Crippen LogP contribution in [0.15, 0.2) is 23.0 Å². The molecule has 84 valence electrons. The van der Waals surface area contributed by atoms with E-state index < -0.39 is 6.10 Å². The first-order chi connectivity index (χ1) is 7.49. The highest BCUT2D eigenvalue weighted by Gasteiger charge is 2.08. The molecule has 16 heavy (non-hydrogen) atoms. The minimum atomic E-state index is -0.741. The Morgan fingerprint density at radius 2 is 1.81 bits per heavy atom. The molecule has 3 nitrogen and oxygen atoms in total. The zero-order chi connectivity index (χ0) is 11.9. The molecule has 1 atom stereocenters. The molecule has 0 aliphatic heterocycles. The summed E-state index contributed by atoms with van der Waals surface area (Å²) in [7, 11) is 0. The predicted molar refractivity (Wildman–Crippen MR) is 64.7 cm³/mol. The maximum absolute atomic E-state index is 11.7. The molecule has 1 unspecified atom stereocenters. The summed E-state index contributed by atoms with van der Waals surface area (Å²) in [6, 6.07) is 5.73. The van der Waals surface area contributed by atoms with Gasteiger partial charge in [0.25, 0.3) is 5.56 Å². The van der Waals surface area contributed by atoms with E-state index in [1.54, 1.807) is 13.0 Å². The molecule has 1 aromatic heterocycles. The number of nitrogens with one attached hydrogen (secondary N) is 1. The van der Waals surface area contributed by atoms with E-state index in [2.05, 4.69) is 4.98 Å². The molecule has 0 amide bonds. The van der Waals surface area contributed by atoms with Crippen molar-refractivity contribution >= 4 is 10.9 Å². The van der Waals surface area contributed by atoms with Crippen molar-refractivity contribution < 1.29 is 5.11 Å². The van der Waals surface area contributed by atoms with Gasteiger partial charge in [-0.25, -0.2) is 0 Å². The molecule has 0 aliphatic rings. The van der Waals surface area contributed by atoms with Crippen LogP contribution in [0.2, 0.25) is 0 Å². The molecule has 0 saturated carbocycles. The van der Waals surface area contributed by atoms with Gasteiger partial charge >= 0.3 is 0 Å². The lowest BCUT2D eigenvalue weighted by Crippen LogP contribution is -2.14. The smallest absolute Gasteiger partial charge is 0.254 e. The number of H-pyrrole nitrogens is 1. The van der Waals surface area contributed by atoms with Crippen LogP contribution in [0.1, 0.15) is 29.7 Å². The van der Waals surface area contributed by atoms with Gasteiger partial charge in [-0.3, -0.25) is 4.79 Å². The Morgan fingerprint density at radius 3 is 2.44 bits per heavy atom. The van der Waals surface area contributed by atoms with Crippen molar-refractivity contribution in [3.8, 4) is 0 Å². The molecule has 0 fully saturated rings. The standard InChI is InChI=1S/C13H15NO2/c1-7-4-10-6-11(9(3)15)13(16)14-12(10)5-8(7)2/h4-6,9,15H,1-3H3,(H,14,16).